The molecule has 1 fully saturated rings. The minimum absolute atomic E-state index is 0.142. The number of sulfonamides is 1. The number of hydrogen-bond acceptors (Lipinski definition) is 6. The number of amides is 1. The normalized spacial score (nSPS) is 14.5. The van der Waals surface area contributed by atoms with E-state index in [1.54, 1.807) is 31.2 Å². The molecule has 1 saturated carbocycles. The topological polar surface area (TPSA) is 125 Å². The standard InChI is InChI=1S/C14H15N3O5S/c1-8-12(21-14(15)18)13(22-16-8)9-2-4-10(5-3-9)17-23(19,20)11-6-7-11/h2-5,11,17H,6-7H2,1H3,(H2,15,18). The molecule has 2 aromatic rings. The minimum atomic E-state index is -3.31. The molecular weight excluding hydrogens is 322 g/mol. The molecule has 1 aromatic carbocycles. The summed E-state index contributed by atoms with van der Waals surface area (Å²) in [6.45, 7) is 1.61. The largest absolute Gasteiger partial charge is 0.410 e. The van der Waals surface area contributed by atoms with Crippen LogP contribution in [0, 0.1) is 6.92 Å². The summed E-state index contributed by atoms with van der Waals surface area (Å²) >= 11 is 0. The van der Waals surface area contributed by atoms with Gasteiger partial charge in [-0.1, -0.05) is 5.16 Å². The van der Waals surface area contributed by atoms with Crippen LogP contribution >= 0.6 is 0 Å². The third-order valence-corrected chi connectivity index (χ3v) is 5.25. The molecule has 0 unspecified atom stereocenters. The van der Waals surface area contributed by atoms with E-state index in [0.717, 1.165) is 0 Å². The zero-order valence-corrected chi connectivity index (χ0v) is 13.1. The van der Waals surface area contributed by atoms with Crippen LogP contribution in [0.15, 0.2) is 28.8 Å². The molecule has 3 N–H and O–H groups in total. The van der Waals surface area contributed by atoms with Gasteiger partial charge in [-0.2, -0.15) is 0 Å². The molecule has 0 spiro atoms. The van der Waals surface area contributed by atoms with Crippen LogP contribution in [0.2, 0.25) is 0 Å². The predicted octanol–water partition coefficient (Wildman–Crippen LogP) is 2.01. The smallest absolute Gasteiger partial charge is 0.404 e. The highest BCUT2D eigenvalue weighted by Gasteiger charge is 2.35. The zero-order chi connectivity index (χ0) is 16.6. The molecular formula is C14H15N3O5S. The number of anilines is 1. The number of rotatable bonds is 5. The highest BCUT2D eigenvalue weighted by Crippen LogP contribution is 2.34. The Balaban J connectivity index is 1.84. The maximum Gasteiger partial charge on any atom is 0.410 e. The average Bonchev–Trinajstić information content (AvgIpc) is 3.27. The number of nitrogens with one attached hydrogen (secondary N) is 1. The lowest BCUT2D eigenvalue weighted by molar-refractivity contribution is 0.210. The van der Waals surface area contributed by atoms with Crippen LogP contribution in [0.4, 0.5) is 10.5 Å². The number of aryl methyl sites for hydroxylation is 1. The van der Waals surface area contributed by atoms with Crippen molar-refractivity contribution in [2.75, 3.05) is 4.72 Å². The Morgan fingerprint density at radius 2 is 2.00 bits per heavy atom. The van der Waals surface area contributed by atoms with Crippen LogP contribution in [0.3, 0.4) is 0 Å². The van der Waals surface area contributed by atoms with Crippen molar-refractivity contribution in [2.24, 2.45) is 5.73 Å². The molecule has 122 valence electrons. The van der Waals surface area contributed by atoms with E-state index in [0.29, 0.717) is 29.8 Å². The van der Waals surface area contributed by atoms with E-state index in [1.165, 1.54) is 0 Å². The SMILES string of the molecule is Cc1noc(-c2ccc(NS(=O)(=O)C3CC3)cc2)c1OC(N)=O. The van der Waals surface area contributed by atoms with Crippen molar-refractivity contribution in [3.63, 3.8) is 0 Å². The molecule has 9 heteroatoms. The van der Waals surface area contributed by atoms with Gasteiger partial charge in [0.1, 0.15) is 5.69 Å². The third kappa shape index (κ3) is 3.29. The highest BCUT2D eigenvalue weighted by atomic mass is 32.2. The van der Waals surface area contributed by atoms with E-state index in [2.05, 4.69) is 9.88 Å². The van der Waals surface area contributed by atoms with Crippen LogP contribution in [0.1, 0.15) is 18.5 Å². The number of nitrogens with zero attached hydrogens (tertiary/aromatic N) is 1. The van der Waals surface area contributed by atoms with Gasteiger partial charge in [0.2, 0.25) is 21.5 Å². The molecule has 0 radical (unpaired) electrons. The van der Waals surface area contributed by atoms with Crippen molar-refractivity contribution in [1.82, 2.24) is 5.16 Å². The zero-order valence-electron chi connectivity index (χ0n) is 12.3. The molecule has 0 atom stereocenters. The second kappa shape index (κ2) is 5.58. The average molecular weight is 337 g/mol. The highest BCUT2D eigenvalue weighted by molar-refractivity contribution is 7.93. The van der Waals surface area contributed by atoms with Gasteiger partial charge < -0.3 is 15.0 Å². The van der Waals surface area contributed by atoms with Crippen molar-refractivity contribution in [2.45, 2.75) is 25.0 Å². The summed E-state index contributed by atoms with van der Waals surface area (Å²) < 4.78 is 36.3. The molecule has 0 saturated heterocycles. The second-order valence-electron chi connectivity index (χ2n) is 5.27. The van der Waals surface area contributed by atoms with E-state index in [1.807, 2.05) is 0 Å². The number of carbonyl (C=O) groups excluding carboxylic acids is 1. The lowest BCUT2D eigenvalue weighted by atomic mass is 10.1. The van der Waals surface area contributed by atoms with E-state index in [9.17, 15) is 13.2 Å². The third-order valence-electron chi connectivity index (χ3n) is 3.38. The maximum absolute atomic E-state index is 11.9. The van der Waals surface area contributed by atoms with Crippen molar-refractivity contribution in [3.8, 4) is 17.1 Å². The van der Waals surface area contributed by atoms with Gasteiger partial charge in [-0.25, -0.2) is 13.2 Å². The fourth-order valence-corrected chi connectivity index (χ4v) is 3.47. The summed E-state index contributed by atoms with van der Waals surface area (Å²) in [7, 11) is -3.31. The van der Waals surface area contributed by atoms with E-state index >= 15 is 0 Å². The first kappa shape index (κ1) is 15.3. The van der Waals surface area contributed by atoms with Crippen LogP contribution in [0.25, 0.3) is 11.3 Å². The first-order chi connectivity index (χ1) is 10.9. The maximum atomic E-state index is 11.9. The second-order valence-corrected chi connectivity index (χ2v) is 7.23. The minimum Gasteiger partial charge on any atom is -0.404 e. The molecule has 3 rings (SSSR count). The van der Waals surface area contributed by atoms with Crippen molar-refractivity contribution >= 4 is 21.8 Å². The van der Waals surface area contributed by atoms with Gasteiger partial charge in [0.25, 0.3) is 0 Å². The number of nitrogens with two attached hydrogens (primary N) is 1. The van der Waals surface area contributed by atoms with E-state index in [-0.39, 0.29) is 16.8 Å². The number of benzene rings is 1. The first-order valence-corrected chi connectivity index (χ1v) is 8.47. The number of ether oxygens (including phenoxy) is 1. The molecule has 1 aliphatic rings. The lowest BCUT2D eigenvalue weighted by Gasteiger charge is -2.07. The summed E-state index contributed by atoms with van der Waals surface area (Å²) in [6, 6.07) is 6.47. The van der Waals surface area contributed by atoms with Crippen molar-refractivity contribution in [3.05, 3.63) is 30.0 Å². The van der Waals surface area contributed by atoms with Crippen LogP contribution in [-0.4, -0.2) is 24.9 Å². The molecule has 0 bridgehead atoms. The van der Waals surface area contributed by atoms with Crippen molar-refractivity contribution in [1.29, 1.82) is 0 Å². The Bertz CT molecular complexity index is 838. The molecule has 0 aliphatic heterocycles. The van der Waals surface area contributed by atoms with Gasteiger partial charge in [-0.05, 0) is 44.0 Å². The number of carbonyl (C=O) groups is 1. The van der Waals surface area contributed by atoms with Gasteiger partial charge in [-0.3, -0.25) is 4.72 Å². The fourth-order valence-electron chi connectivity index (χ4n) is 2.08. The van der Waals surface area contributed by atoms with Crippen molar-refractivity contribution < 1.29 is 22.5 Å². The number of primary amides is 1. The molecule has 8 nitrogen and oxygen atoms in total. The fraction of sp³-hybridized carbons (Fsp3) is 0.286. The number of hydrogen-bond donors (Lipinski definition) is 2. The first-order valence-electron chi connectivity index (χ1n) is 6.92. The number of aromatic nitrogens is 1. The van der Waals surface area contributed by atoms with Crippen LogP contribution in [0.5, 0.6) is 5.75 Å². The molecule has 23 heavy (non-hydrogen) atoms. The summed E-state index contributed by atoms with van der Waals surface area (Å²) in [5, 5.41) is 3.44. The molecule has 1 amide bonds. The van der Waals surface area contributed by atoms with Gasteiger partial charge in [0, 0.05) is 11.3 Å². The Morgan fingerprint density at radius 1 is 1.35 bits per heavy atom. The molecule has 1 aromatic heterocycles. The summed E-state index contributed by atoms with van der Waals surface area (Å²) in [5.41, 5.74) is 6.44. The van der Waals surface area contributed by atoms with Gasteiger partial charge >= 0.3 is 6.09 Å². The van der Waals surface area contributed by atoms with Gasteiger partial charge in [0.15, 0.2) is 0 Å². The lowest BCUT2D eigenvalue weighted by Crippen LogP contribution is -2.17. The quantitative estimate of drug-likeness (QED) is 0.860. The summed E-state index contributed by atoms with van der Waals surface area (Å²) in [5.74, 6) is 0.390. The van der Waals surface area contributed by atoms with Crippen LogP contribution in [-0.2, 0) is 10.0 Å². The Labute approximate surface area is 132 Å². The summed E-state index contributed by atoms with van der Waals surface area (Å²) in [6.07, 6.45) is 0.420. The monoisotopic (exact) mass is 337 g/mol. The van der Waals surface area contributed by atoms with E-state index in [4.69, 9.17) is 15.0 Å². The Hall–Kier alpha value is -2.55. The Kier molecular flexibility index (Phi) is 3.72. The Morgan fingerprint density at radius 3 is 2.57 bits per heavy atom. The predicted molar refractivity (Wildman–Crippen MR) is 82.5 cm³/mol. The molecule has 1 aliphatic carbocycles. The summed E-state index contributed by atoms with van der Waals surface area (Å²) in [4.78, 5) is 10.9. The van der Waals surface area contributed by atoms with E-state index < -0.39 is 16.1 Å². The van der Waals surface area contributed by atoms with Gasteiger partial charge in [-0.15, -0.1) is 0 Å². The van der Waals surface area contributed by atoms with Crippen LogP contribution < -0.4 is 15.2 Å². The van der Waals surface area contributed by atoms with Gasteiger partial charge in [0.05, 0.1) is 5.25 Å². The molecule has 1 heterocycles.